The number of fused-ring (bicyclic) bond motifs is 2. The highest BCUT2D eigenvalue weighted by Gasteiger charge is 2.56. The SMILES string of the molecule is CC12CCC(OC(=O)c3ccccc3)(CC1)C(F)=C2F. The van der Waals surface area contributed by atoms with Crippen molar-refractivity contribution in [3.63, 3.8) is 0 Å². The third kappa shape index (κ3) is 1.86. The maximum absolute atomic E-state index is 14.3. The first-order valence-corrected chi connectivity index (χ1v) is 6.82. The zero-order valence-electron chi connectivity index (χ0n) is 11.3. The second kappa shape index (κ2) is 4.40. The molecule has 0 atom stereocenters. The number of hydrogen-bond donors (Lipinski definition) is 0. The van der Waals surface area contributed by atoms with E-state index in [1.807, 2.05) is 0 Å². The van der Waals surface area contributed by atoms with Gasteiger partial charge in [-0.25, -0.2) is 13.6 Å². The van der Waals surface area contributed by atoms with Crippen molar-refractivity contribution in [2.75, 3.05) is 0 Å². The van der Waals surface area contributed by atoms with Crippen molar-refractivity contribution in [3.05, 3.63) is 47.5 Å². The molecular weight excluding hydrogens is 262 g/mol. The van der Waals surface area contributed by atoms with Gasteiger partial charge in [0.05, 0.1) is 5.56 Å². The smallest absolute Gasteiger partial charge is 0.339 e. The van der Waals surface area contributed by atoms with Crippen LogP contribution in [0, 0.1) is 5.41 Å². The number of ether oxygens (including phenoxy) is 1. The molecule has 0 aliphatic heterocycles. The van der Waals surface area contributed by atoms with Gasteiger partial charge in [-0.3, -0.25) is 0 Å². The van der Waals surface area contributed by atoms with Gasteiger partial charge in [-0.15, -0.1) is 0 Å². The van der Waals surface area contributed by atoms with Crippen LogP contribution in [0.2, 0.25) is 0 Å². The lowest BCUT2D eigenvalue weighted by Gasteiger charge is -2.48. The summed E-state index contributed by atoms with van der Waals surface area (Å²) in [7, 11) is 0. The Hall–Kier alpha value is -1.71. The van der Waals surface area contributed by atoms with E-state index in [4.69, 9.17) is 4.74 Å². The van der Waals surface area contributed by atoms with Gasteiger partial charge in [0.2, 0.25) is 0 Å². The number of carbonyl (C=O) groups is 1. The number of carbonyl (C=O) groups excluding carboxylic acids is 1. The molecule has 2 bridgehead atoms. The lowest BCUT2D eigenvalue weighted by Crippen LogP contribution is -2.48. The molecule has 0 aromatic heterocycles. The molecule has 20 heavy (non-hydrogen) atoms. The molecule has 3 aliphatic rings. The first kappa shape index (κ1) is 13.3. The zero-order valence-corrected chi connectivity index (χ0v) is 11.3. The largest absolute Gasteiger partial charge is 0.448 e. The first-order chi connectivity index (χ1) is 9.47. The van der Waals surface area contributed by atoms with Gasteiger partial charge in [-0.1, -0.05) is 25.1 Å². The molecule has 1 aromatic rings. The highest BCUT2D eigenvalue weighted by atomic mass is 19.2. The van der Waals surface area contributed by atoms with Crippen molar-refractivity contribution in [2.45, 2.75) is 38.2 Å². The quantitative estimate of drug-likeness (QED) is 0.753. The predicted molar refractivity (Wildman–Crippen MR) is 70.4 cm³/mol. The van der Waals surface area contributed by atoms with Gasteiger partial charge >= 0.3 is 5.97 Å². The van der Waals surface area contributed by atoms with E-state index in [2.05, 4.69) is 0 Å². The van der Waals surface area contributed by atoms with Gasteiger partial charge in [-0.2, -0.15) is 0 Å². The van der Waals surface area contributed by atoms with Crippen molar-refractivity contribution >= 4 is 5.97 Å². The van der Waals surface area contributed by atoms with Crippen LogP contribution >= 0.6 is 0 Å². The Kier molecular flexibility index (Phi) is 2.92. The van der Waals surface area contributed by atoms with E-state index in [0.29, 0.717) is 31.2 Å². The third-order valence-corrected chi connectivity index (χ3v) is 4.58. The second-order valence-electron chi connectivity index (χ2n) is 5.94. The van der Waals surface area contributed by atoms with Crippen molar-refractivity contribution in [2.24, 2.45) is 5.41 Å². The number of rotatable bonds is 2. The number of esters is 1. The molecule has 0 N–H and O–H groups in total. The molecule has 0 radical (unpaired) electrons. The molecule has 0 unspecified atom stereocenters. The number of halogens is 2. The van der Waals surface area contributed by atoms with E-state index in [1.54, 1.807) is 37.3 Å². The fourth-order valence-electron chi connectivity index (χ4n) is 3.07. The summed E-state index contributed by atoms with van der Waals surface area (Å²) in [6.45, 7) is 1.73. The van der Waals surface area contributed by atoms with Gasteiger partial charge in [0.15, 0.2) is 11.4 Å². The standard InChI is InChI=1S/C16H16F2O2/c1-15-7-9-16(10-8-15,13(18)12(15)17)20-14(19)11-5-3-2-4-6-11/h2-6H,7-10H2,1H3. The molecule has 4 rings (SSSR count). The minimum absolute atomic E-state index is 0.349. The van der Waals surface area contributed by atoms with Crippen LogP contribution in [0.1, 0.15) is 43.0 Å². The summed E-state index contributed by atoms with van der Waals surface area (Å²) in [6, 6.07) is 8.40. The topological polar surface area (TPSA) is 26.3 Å². The van der Waals surface area contributed by atoms with Crippen LogP contribution < -0.4 is 0 Å². The summed E-state index contributed by atoms with van der Waals surface area (Å²) in [6.07, 6.45) is 1.71. The number of benzene rings is 1. The molecule has 1 fully saturated rings. The average molecular weight is 278 g/mol. The van der Waals surface area contributed by atoms with E-state index < -0.39 is 28.6 Å². The van der Waals surface area contributed by atoms with Crippen LogP contribution in [-0.2, 0) is 4.74 Å². The second-order valence-corrected chi connectivity index (χ2v) is 5.94. The predicted octanol–water partition coefficient (Wildman–Crippen LogP) is 4.33. The van der Waals surface area contributed by atoms with Crippen molar-refractivity contribution < 1.29 is 18.3 Å². The van der Waals surface area contributed by atoms with Crippen LogP contribution in [0.5, 0.6) is 0 Å². The Morgan fingerprint density at radius 2 is 1.65 bits per heavy atom. The molecule has 0 amide bonds. The van der Waals surface area contributed by atoms with Gasteiger partial charge in [0.25, 0.3) is 0 Å². The summed E-state index contributed by atoms with van der Waals surface area (Å²) in [5, 5.41) is 0. The Balaban J connectivity index is 1.90. The Labute approximate surface area is 116 Å². The molecule has 1 saturated carbocycles. The molecule has 2 nitrogen and oxygen atoms in total. The minimum Gasteiger partial charge on any atom is -0.448 e. The summed E-state index contributed by atoms with van der Waals surface area (Å²) < 4.78 is 33.7. The van der Waals surface area contributed by atoms with E-state index >= 15 is 0 Å². The molecule has 0 saturated heterocycles. The first-order valence-electron chi connectivity index (χ1n) is 6.82. The normalized spacial score (nSPS) is 32.4. The van der Waals surface area contributed by atoms with Gasteiger partial charge in [-0.05, 0) is 37.8 Å². The summed E-state index contributed by atoms with van der Waals surface area (Å²) >= 11 is 0. The highest BCUT2D eigenvalue weighted by Crippen LogP contribution is 2.57. The van der Waals surface area contributed by atoms with Crippen LogP contribution in [0.3, 0.4) is 0 Å². The summed E-state index contributed by atoms with van der Waals surface area (Å²) in [4.78, 5) is 12.1. The fraction of sp³-hybridized carbons (Fsp3) is 0.438. The zero-order chi connectivity index (χ0) is 14.4. The Morgan fingerprint density at radius 1 is 1.05 bits per heavy atom. The molecule has 1 aromatic carbocycles. The summed E-state index contributed by atoms with van der Waals surface area (Å²) in [5.74, 6) is -2.23. The van der Waals surface area contributed by atoms with E-state index in [-0.39, 0.29) is 0 Å². The maximum Gasteiger partial charge on any atom is 0.339 e. The van der Waals surface area contributed by atoms with Crippen LogP contribution in [-0.4, -0.2) is 11.6 Å². The maximum atomic E-state index is 14.3. The average Bonchev–Trinajstić information content (AvgIpc) is 2.48. The molecule has 106 valence electrons. The molecule has 0 spiro atoms. The van der Waals surface area contributed by atoms with E-state index in [9.17, 15) is 13.6 Å². The summed E-state index contributed by atoms with van der Waals surface area (Å²) in [5.41, 5.74) is -1.76. The van der Waals surface area contributed by atoms with E-state index in [1.165, 1.54) is 0 Å². The Bertz CT molecular complexity index is 569. The molecular formula is C16H16F2O2. The lowest BCUT2D eigenvalue weighted by atomic mass is 9.63. The monoisotopic (exact) mass is 278 g/mol. The van der Waals surface area contributed by atoms with Crippen molar-refractivity contribution in [3.8, 4) is 0 Å². The van der Waals surface area contributed by atoms with Crippen molar-refractivity contribution in [1.29, 1.82) is 0 Å². The molecule has 3 aliphatic carbocycles. The molecule has 0 heterocycles. The highest BCUT2D eigenvalue weighted by molar-refractivity contribution is 5.89. The molecule has 4 heteroatoms. The van der Waals surface area contributed by atoms with Crippen LogP contribution in [0.25, 0.3) is 0 Å². The van der Waals surface area contributed by atoms with Crippen LogP contribution in [0.4, 0.5) is 8.78 Å². The van der Waals surface area contributed by atoms with Crippen LogP contribution in [0.15, 0.2) is 42.0 Å². The fourth-order valence-corrected chi connectivity index (χ4v) is 3.07. The van der Waals surface area contributed by atoms with Gasteiger partial charge < -0.3 is 4.74 Å². The Morgan fingerprint density at radius 3 is 2.25 bits per heavy atom. The number of hydrogen-bond acceptors (Lipinski definition) is 2. The van der Waals surface area contributed by atoms with Gasteiger partial charge in [0.1, 0.15) is 5.83 Å². The van der Waals surface area contributed by atoms with Gasteiger partial charge in [0, 0.05) is 5.41 Å². The van der Waals surface area contributed by atoms with Crippen molar-refractivity contribution in [1.82, 2.24) is 0 Å². The minimum atomic E-state index is -1.39. The third-order valence-electron chi connectivity index (χ3n) is 4.58. The van der Waals surface area contributed by atoms with E-state index in [0.717, 1.165) is 0 Å². The lowest BCUT2D eigenvalue weighted by molar-refractivity contribution is -0.0642. The number of allylic oxidation sites excluding steroid dienone is 1.